The minimum absolute atomic E-state index is 0.202. The largest absolute Gasteiger partial charge is 0.388 e. The van der Waals surface area contributed by atoms with Gasteiger partial charge in [0.15, 0.2) is 0 Å². The van der Waals surface area contributed by atoms with Crippen LogP contribution < -0.4 is 10.6 Å². The standard InChI is InChI=1S/C13H18Cl2N2O2/c1-3-13(19,4-2)8-16-12(18)17-9-5-6-10(14)11(15)7-9/h5-7,19H,3-4,8H2,1-2H3,(H2,16,17,18). The number of aliphatic hydroxyl groups is 1. The van der Waals surface area contributed by atoms with Crippen LogP contribution in [0.25, 0.3) is 0 Å². The van der Waals surface area contributed by atoms with Gasteiger partial charge in [-0.15, -0.1) is 0 Å². The summed E-state index contributed by atoms with van der Waals surface area (Å²) < 4.78 is 0. The molecule has 1 aromatic rings. The second-order valence-electron chi connectivity index (χ2n) is 4.37. The number of urea groups is 1. The highest BCUT2D eigenvalue weighted by Crippen LogP contribution is 2.24. The van der Waals surface area contributed by atoms with Crippen LogP contribution in [-0.4, -0.2) is 23.3 Å². The van der Waals surface area contributed by atoms with Crippen molar-refractivity contribution in [2.24, 2.45) is 0 Å². The summed E-state index contributed by atoms with van der Waals surface area (Å²) in [6.07, 6.45) is 1.16. The molecule has 3 N–H and O–H groups in total. The van der Waals surface area contributed by atoms with E-state index in [-0.39, 0.29) is 6.54 Å². The number of nitrogens with one attached hydrogen (secondary N) is 2. The Labute approximate surface area is 123 Å². The number of halogens is 2. The average molecular weight is 305 g/mol. The SMILES string of the molecule is CCC(O)(CC)CNC(=O)Nc1ccc(Cl)c(Cl)c1. The summed E-state index contributed by atoms with van der Waals surface area (Å²) in [6.45, 7) is 3.96. The molecule has 19 heavy (non-hydrogen) atoms. The quantitative estimate of drug-likeness (QED) is 0.777. The second-order valence-corrected chi connectivity index (χ2v) is 5.18. The Morgan fingerprint density at radius 3 is 2.42 bits per heavy atom. The molecule has 0 heterocycles. The molecule has 106 valence electrons. The molecule has 0 saturated heterocycles. The van der Waals surface area contributed by atoms with Crippen LogP contribution >= 0.6 is 23.2 Å². The normalized spacial score (nSPS) is 11.2. The molecule has 0 unspecified atom stereocenters. The second kappa shape index (κ2) is 6.98. The number of hydrogen-bond donors (Lipinski definition) is 3. The van der Waals surface area contributed by atoms with Gasteiger partial charge in [0.2, 0.25) is 0 Å². The maximum atomic E-state index is 11.7. The first-order valence-corrected chi connectivity index (χ1v) is 6.88. The zero-order chi connectivity index (χ0) is 14.5. The maximum Gasteiger partial charge on any atom is 0.319 e. The predicted molar refractivity (Wildman–Crippen MR) is 79.0 cm³/mol. The lowest BCUT2D eigenvalue weighted by molar-refractivity contribution is 0.0354. The van der Waals surface area contributed by atoms with Crippen LogP contribution in [0.4, 0.5) is 10.5 Å². The zero-order valence-electron chi connectivity index (χ0n) is 11.0. The van der Waals surface area contributed by atoms with Gasteiger partial charge in [0.1, 0.15) is 0 Å². The summed E-state index contributed by atoms with van der Waals surface area (Å²) in [5.41, 5.74) is -0.321. The number of amides is 2. The van der Waals surface area contributed by atoms with Crippen LogP contribution in [0.5, 0.6) is 0 Å². The third-order valence-electron chi connectivity index (χ3n) is 3.07. The fourth-order valence-corrected chi connectivity index (χ4v) is 1.79. The molecule has 1 aromatic carbocycles. The molecule has 0 aliphatic heterocycles. The van der Waals surface area contributed by atoms with Crippen LogP contribution in [0.1, 0.15) is 26.7 Å². The Morgan fingerprint density at radius 1 is 1.26 bits per heavy atom. The van der Waals surface area contributed by atoms with Crippen LogP contribution in [0.15, 0.2) is 18.2 Å². The van der Waals surface area contributed by atoms with Crippen LogP contribution in [0.3, 0.4) is 0 Å². The minimum atomic E-state index is -0.866. The van der Waals surface area contributed by atoms with Gasteiger partial charge in [-0.05, 0) is 31.0 Å². The van der Waals surface area contributed by atoms with Crippen LogP contribution in [0, 0.1) is 0 Å². The minimum Gasteiger partial charge on any atom is -0.388 e. The van der Waals surface area contributed by atoms with Gasteiger partial charge < -0.3 is 15.7 Å². The summed E-state index contributed by atoms with van der Waals surface area (Å²) in [6, 6.07) is 4.43. The molecule has 0 saturated carbocycles. The summed E-state index contributed by atoms with van der Waals surface area (Å²) in [5.74, 6) is 0. The van der Waals surface area contributed by atoms with Crippen LogP contribution in [0.2, 0.25) is 10.0 Å². The highest BCUT2D eigenvalue weighted by molar-refractivity contribution is 6.42. The van der Waals surface area contributed by atoms with E-state index in [0.29, 0.717) is 28.6 Å². The van der Waals surface area contributed by atoms with E-state index in [9.17, 15) is 9.90 Å². The number of carbonyl (C=O) groups is 1. The van der Waals surface area contributed by atoms with E-state index in [1.54, 1.807) is 18.2 Å². The highest BCUT2D eigenvalue weighted by atomic mass is 35.5. The van der Waals surface area contributed by atoms with Crippen molar-refractivity contribution in [2.45, 2.75) is 32.3 Å². The topological polar surface area (TPSA) is 61.4 Å². The number of rotatable bonds is 5. The molecule has 0 radical (unpaired) electrons. The lowest BCUT2D eigenvalue weighted by Crippen LogP contribution is -2.43. The lowest BCUT2D eigenvalue weighted by atomic mass is 9.98. The van der Waals surface area contributed by atoms with Gasteiger partial charge in [-0.3, -0.25) is 0 Å². The molecule has 0 bridgehead atoms. The smallest absolute Gasteiger partial charge is 0.319 e. The van der Waals surface area contributed by atoms with E-state index >= 15 is 0 Å². The summed E-state index contributed by atoms with van der Waals surface area (Å²) in [5, 5.41) is 16.1. The number of anilines is 1. The van der Waals surface area contributed by atoms with Gasteiger partial charge in [-0.2, -0.15) is 0 Å². The van der Waals surface area contributed by atoms with Crippen molar-refractivity contribution >= 4 is 34.9 Å². The fourth-order valence-electron chi connectivity index (χ4n) is 1.49. The van der Waals surface area contributed by atoms with Gasteiger partial charge in [0.05, 0.1) is 15.6 Å². The van der Waals surface area contributed by atoms with E-state index in [2.05, 4.69) is 10.6 Å². The van der Waals surface area contributed by atoms with Crippen molar-refractivity contribution in [1.82, 2.24) is 5.32 Å². The molecule has 0 aliphatic rings. The first kappa shape index (κ1) is 16.1. The van der Waals surface area contributed by atoms with Crippen molar-refractivity contribution < 1.29 is 9.90 Å². The molecule has 2 amide bonds. The molecule has 4 nitrogen and oxygen atoms in total. The van der Waals surface area contributed by atoms with Crippen molar-refractivity contribution in [3.63, 3.8) is 0 Å². The molecule has 0 aliphatic carbocycles. The number of carbonyl (C=O) groups excluding carboxylic acids is 1. The Hall–Kier alpha value is -0.970. The van der Waals surface area contributed by atoms with E-state index in [0.717, 1.165) is 0 Å². The zero-order valence-corrected chi connectivity index (χ0v) is 12.5. The Kier molecular flexibility index (Phi) is 5.91. The third kappa shape index (κ3) is 4.90. The van der Waals surface area contributed by atoms with Gasteiger partial charge in [-0.1, -0.05) is 37.0 Å². The van der Waals surface area contributed by atoms with Crippen molar-refractivity contribution in [3.05, 3.63) is 28.2 Å². The van der Waals surface area contributed by atoms with E-state index in [4.69, 9.17) is 23.2 Å². The molecule has 0 fully saturated rings. The first-order valence-electron chi connectivity index (χ1n) is 6.12. The summed E-state index contributed by atoms with van der Waals surface area (Å²) >= 11 is 11.6. The van der Waals surface area contributed by atoms with Gasteiger partial charge in [0, 0.05) is 12.2 Å². The Bertz CT molecular complexity index is 448. The molecule has 0 aromatic heterocycles. The van der Waals surface area contributed by atoms with Gasteiger partial charge in [0.25, 0.3) is 0 Å². The van der Waals surface area contributed by atoms with E-state index in [1.165, 1.54) is 0 Å². The van der Waals surface area contributed by atoms with Gasteiger partial charge >= 0.3 is 6.03 Å². The fraction of sp³-hybridized carbons (Fsp3) is 0.462. The summed E-state index contributed by atoms with van der Waals surface area (Å²) in [4.78, 5) is 11.7. The Balaban J connectivity index is 2.53. The van der Waals surface area contributed by atoms with Crippen LogP contribution in [-0.2, 0) is 0 Å². The van der Waals surface area contributed by atoms with Crippen molar-refractivity contribution in [1.29, 1.82) is 0 Å². The van der Waals surface area contributed by atoms with E-state index in [1.807, 2.05) is 13.8 Å². The molecular formula is C13H18Cl2N2O2. The van der Waals surface area contributed by atoms with Gasteiger partial charge in [-0.25, -0.2) is 4.79 Å². The molecule has 0 spiro atoms. The summed E-state index contributed by atoms with van der Waals surface area (Å²) in [7, 11) is 0. The highest BCUT2D eigenvalue weighted by Gasteiger charge is 2.22. The maximum absolute atomic E-state index is 11.7. The van der Waals surface area contributed by atoms with Crippen molar-refractivity contribution in [2.75, 3.05) is 11.9 Å². The van der Waals surface area contributed by atoms with E-state index < -0.39 is 11.6 Å². The lowest BCUT2D eigenvalue weighted by Gasteiger charge is -2.25. The van der Waals surface area contributed by atoms with Crippen molar-refractivity contribution in [3.8, 4) is 0 Å². The molecule has 1 rings (SSSR count). The molecular weight excluding hydrogens is 287 g/mol. The number of benzene rings is 1. The third-order valence-corrected chi connectivity index (χ3v) is 3.81. The number of hydrogen-bond acceptors (Lipinski definition) is 2. The molecule has 0 atom stereocenters. The molecule has 6 heteroatoms. The predicted octanol–water partition coefficient (Wildman–Crippen LogP) is 3.67. The average Bonchev–Trinajstić information content (AvgIpc) is 2.40. The monoisotopic (exact) mass is 304 g/mol. The Morgan fingerprint density at radius 2 is 1.89 bits per heavy atom. The first-order chi connectivity index (χ1) is 8.90.